The van der Waals surface area contributed by atoms with Crippen LogP contribution in [-0.2, 0) is 16.9 Å². The lowest BCUT2D eigenvalue weighted by molar-refractivity contribution is -0.0583. The fourth-order valence-corrected chi connectivity index (χ4v) is 4.24. The van der Waals surface area contributed by atoms with E-state index in [1.165, 1.54) is 18.2 Å². The van der Waals surface area contributed by atoms with Crippen LogP contribution in [0.2, 0.25) is 0 Å². The van der Waals surface area contributed by atoms with Gasteiger partial charge >= 0.3 is 0 Å². The van der Waals surface area contributed by atoms with Gasteiger partial charge in [-0.05, 0) is 48.9 Å². The van der Waals surface area contributed by atoms with Crippen LogP contribution in [0.25, 0.3) is 11.3 Å². The number of fused-ring (bicyclic) bond motifs is 5. The molecular weight excluding hydrogens is 350 g/mol. The van der Waals surface area contributed by atoms with Gasteiger partial charge in [-0.3, -0.25) is 9.97 Å². The van der Waals surface area contributed by atoms with Crippen molar-refractivity contribution in [2.45, 2.75) is 37.4 Å². The minimum Gasteiger partial charge on any atom is -0.362 e. The number of benzene rings is 1. The molecule has 136 valence electrons. The van der Waals surface area contributed by atoms with E-state index in [9.17, 15) is 8.78 Å². The summed E-state index contributed by atoms with van der Waals surface area (Å²) in [5.41, 5.74) is 2.10. The Balaban J connectivity index is 1.49. The van der Waals surface area contributed by atoms with Crippen LogP contribution in [0.4, 0.5) is 8.78 Å². The number of ether oxygens (including phenoxy) is 1. The first-order chi connectivity index (χ1) is 13.2. The van der Waals surface area contributed by atoms with E-state index in [1.807, 2.05) is 0 Å². The Labute approximate surface area is 154 Å². The standard InChI is InChI=1S/C20H16F2N4O/c21-15-2-1-3-16(22)18(15)17-8-14-12-4-5-20(9-12,19(14)26-25-17)27-11-13-10-23-6-7-24-13/h1-3,6-8,10,12H,4-5,9,11H2/t12-,20-/m1/s1. The van der Waals surface area contributed by atoms with Gasteiger partial charge in [-0.1, -0.05) is 6.07 Å². The van der Waals surface area contributed by atoms with Gasteiger partial charge in [-0.15, -0.1) is 5.10 Å². The molecule has 2 aromatic heterocycles. The largest absolute Gasteiger partial charge is 0.362 e. The van der Waals surface area contributed by atoms with Gasteiger partial charge in [-0.25, -0.2) is 8.78 Å². The monoisotopic (exact) mass is 366 g/mol. The second-order valence-electron chi connectivity index (χ2n) is 7.05. The molecule has 0 aliphatic heterocycles. The summed E-state index contributed by atoms with van der Waals surface area (Å²) in [6.45, 7) is 0.339. The molecule has 2 bridgehead atoms. The van der Waals surface area contributed by atoms with E-state index in [0.29, 0.717) is 6.61 Å². The normalized spacial score (nSPS) is 22.8. The van der Waals surface area contributed by atoms with Gasteiger partial charge in [-0.2, -0.15) is 5.10 Å². The smallest absolute Gasteiger partial charge is 0.135 e. The number of rotatable bonds is 4. The molecule has 0 spiro atoms. The molecule has 1 aromatic carbocycles. The molecule has 2 heterocycles. The lowest BCUT2D eigenvalue weighted by Crippen LogP contribution is -2.27. The molecule has 0 unspecified atom stereocenters. The maximum Gasteiger partial charge on any atom is 0.135 e. The Hall–Kier alpha value is -2.80. The molecule has 0 N–H and O–H groups in total. The quantitative estimate of drug-likeness (QED) is 0.701. The van der Waals surface area contributed by atoms with Crippen molar-refractivity contribution in [3.05, 3.63) is 71.4 Å². The van der Waals surface area contributed by atoms with Crippen LogP contribution in [0.5, 0.6) is 0 Å². The predicted molar refractivity (Wildman–Crippen MR) is 92.5 cm³/mol. The zero-order valence-electron chi connectivity index (χ0n) is 14.4. The molecule has 2 aliphatic rings. The number of halogens is 2. The third-order valence-corrected chi connectivity index (χ3v) is 5.50. The third-order valence-electron chi connectivity index (χ3n) is 5.50. The molecule has 0 saturated heterocycles. The van der Waals surface area contributed by atoms with Crippen molar-refractivity contribution in [1.29, 1.82) is 0 Å². The van der Waals surface area contributed by atoms with Gasteiger partial charge in [0, 0.05) is 12.4 Å². The molecular formula is C20H16F2N4O. The molecule has 2 aliphatic carbocycles. The average Bonchev–Trinajstić information content (AvgIpc) is 3.25. The number of hydrogen-bond donors (Lipinski definition) is 0. The van der Waals surface area contributed by atoms with Gasteiger partial charge in [0.05, 0.1) is 35.4 Å². The molecule has 5 rings (SSSR count). The molecule has 2 atom stereocenters. The first-order valence-electron chi connectivity index (χ1n) is 8.88. The minimum absolute atomic E-state index is 0.134. The molecule has 0 radical (unpaired) electrons. The molecule has 27 heavy (non-hydrogen) atoms. The lowest BCUT2D eigenvalue weighted by Gasteiger charge is -2.27. The maximum atomic E-state index is 14.1. The van der Waals surface area contributed by atoms with Gasteiger partial charge in [0.25, 0.3) is 0 Å². The third kappa shape index (κ3) is 2.61. The van der Waals surface area contributed by atoms with Crippen molar-refractivity contribution in [3.63, 3.8) is 0 Å². The Kier molecular flexibility index (Phi) is 3.72. The molecule has 5 nitrogen and oxygen atoms in total. The van der Waals surface area contributed by atoms with Crippen LogP contribution in [0, 0.1) is 11.6 Å². The van der Waals surface area contributed by atoms with E-state index in [0.717, 1.165) is 36.2 Å². The average molecular weight is 366 g/mol. The summed E-state index contributed by atoms with van der Waals surface area (Å²) < 4.78 is 34.5. The van der Waals surface area contributed by atoms with Crippen molar-refractivity contribution in [2.75, 3.05) is 0 Å². The summed E-state index contributed by atoms with van der Waals surface area (Å²) in [5, 5.41) is 8.46. The molecule has 7 heteroatoms. The van der Waals surface area contributed by atoms with Crippen LogP contribution in [0.15, 0.2) is 42.9 Å². The fraction of sp³-hybridized carbons (Fsp3) is 0.300. The highest BCUT2D eigenvalue weighted by atomic mass is 19.1. The van der Waals surface area contributed by atoms with Gasteiger partial charge in [0.15, 0.2) is 0 Å². The Morgan fingerprint density at radius 1 is 1.15 bits per heavy atom. The van der Waals surface area contributed by atoms with Crippen LogP contribution >= 0.6 is 0 Å². The SMILES string of the molecule is Fc1cccc(F)c1-c1cc2c(nn1)[C@@]1(OCc3cnccn3)CC[C@@H]2C1. The number of nitrogens with zero attached hydrogens (tertiary/aromatic N) is 4. The van der Waals surface area contributed by atoms with Gasteiger partial charge in [0.2, 0.25) is 0 Å². The van der Waals surface area contributed by atoms with E-state index in [-0.39, 0.29) is 17.2 Å². The first-order valence-corrected chi connectivity index (χ1v) is 8.88. The topological polar surface area (TPSA) is 60.8 Å². The first kappa shape index (κ1) is 16.4. The van der Waals surface area contributed by atoms with Crippen LogP contribution in [0.1, 0.15) is 42.1 Å². The van der Waals surface area contributed by atoms with Crippen molar-refractivity contribution in [3.8, 4) is 11.3 Å². The predicted octanol–water partition coefficient (Wildman–Crippen LogP) is 3.91. The highest BCUT2D eigenvalue weighted by Gasteiger charge is 2.52. The Bertz CT molecular complexity index is 994. The Morgan fingerprint density at radius 2 is 2.00 bits per heavy atom. The summed E-state index contributed by atoms with van der Waals surface area (Å²) in [5.74, 6) is -1.01. The minimum atomic E-state index is -0.638. The van der Waals surface area contributed by atoms with E-state index >= 15 is 0 Å². The van der Waals surface area contributed by atoms with Gasteiger partial charge in [0.1, 0.15) is 17.2 Å². The maximum absolute atomic E-state index is 14.1. The fourth-order valence-electron chi connectivity index (χ4n) is 4.24. The summed E-state index contributed by atoms with van der Waals surface area (Å²) in [6, 6.07) is 5.56. The summed E-state index contributed by atoms with van der Waals surface area (Å²) in [4.78, 5) is 8.29. The van der Waals surface area contributed by atoms with E-state index in [2.05, 4.69) is 20.2 Å². The van der Waals surface area contributed by atoms with Crippen molar-refractivity contribution < 1.29 is 13.5 Å². The van der Waals surface area contributed by atoms with E-state index in [1.54, 1.807) is 24.7 Å². The van der Waals surface area contributed by atoms with Crippen molar-refractivity contribution >= 4 is 0 Å². The second kappa shape index (κ2) is 6.13. The molecule has 1 saturated carbocycles. The van der Waals surface area contributed by atoms with Crippen LogP contribution in [0.3, 0.4) is 0 Å². The number of aromatic nitrogens is 4. The van der Waals surface area contributed by atoms with Gasteiger partial charge < -0.3 is 4.74 Å². The van der Waals surface area contributed by atoms with E-state index in [4.69, 9.17) is 4.74 Å². The Morgan fingerprint density at radius 3 is 2.78 bits per heavy atom. The van der Waals surface area contributed by atoms with Crippen LogP contribution < -0.4 is 0 Å². The lowest BCUT2D eigenvalue weighted by atomic mass is 9.93. The highest BCUT2D eigenvalue weighted by Crippen LogP contribution is 2.57. The summed E-state index contributed by atoms with van der Waals surface area (Å²) in [7, 11) is 0. The second-order valence-corrected chi connectivity index (χ2v) is 7.05. The molecule has 3 aromatic rings. The zero-order valence-corrected chi connectivity index (χ0v) is 14.4. The highest BCUT2D eigenvalue weighted by molar-refractivity contribution is 5.62. The summed E-state index contributed by atoms with van der Waals surface area (Å²) >= 11 is 0. The molecule has 1 fully saturated rings. The van der Waals surface area contributed by atoms with Crippen LogP contribution in [-0.4, -0.2) is 20.2 Å². The molecule has 0 amide bonds. The van der Waals surface area contributed by atoms with E-state index < -0.39 is 17.2 Å². The van der Waals surface area contributed by atoms with Crippen molar-refractivity contribution in [2.24, 2.45) is 0 Å². The zero-order chi connectivity index (χ0) is 18.4. The summed E-state index contributed by atoms with van der Waals surface area (Å²) in [6.07, 6.45) is 7.54. The van der Waals surface area contributed by atoms with Crippen molar-refractivity contribution in [1.82, 2.24) is 20.2 Å². The number of hydrogen-bond acceptors (Lipinski definition) is 5.